The fourth-order valence-electron chi connectivity index (χ4n) is 1.23. The molecule has 13 heavy (non-hydrogen) atoms. The molecule has 0 aliphatic heterocycles. The van der Waals surface area contributed by atoms with E-state index in [0.717, 1.165) is 0 Å². The summed E-state index contributed by atoms with van der Waals surface area (Å²) in [5, 5.41) is 17.7. The molecular formula is C7H13NO5. The number of hydrogen-bond acceptors (Lipinski definition) is 4. The highest BCUT2D eigenvalue weighted by molar-refractivity contribution is 5.70. The van der Waals surface area contributed by atoms with Gasteiger partial charge in [0.05, 0.1) is 5.92 Å². The summed E-state index contributed by atoms with van der Waals surface area (Å²) in [4.78, 5) is 24.8. The van der Waals surface area contributed by atoms with E-state index < -0.39 is 23.1 Å². The van der Waals surface area contributed by atoms with Crippen molar-refractivity contribution in [1.82, 2.24) is 0 Å². The minimum absolute atomic E-state index is 0.201. The average molecular weight is 191 g/mol. The van der Waals surface area contributed by atoms with Gasteiger partial charge in [0, 0.05) is 0 Å². The molecule has 6 nitrogen and oxygen atoms in total. The van der Waals surface area contributed by atoms with E-state index in [1.807, 2.05) is 0 Å². The Hall–Kier alpha value is -1.33. The fraction of sp³-hybridized carbons (Fsp3) is 0.857. The second-order valence-corrected chi connectivity index (χ2v) is 3.14. The molecule has 0 aliphatic rings. The van der Waals surface area contributed by atoms with Gasteiger partial charge in [0.25, 0.3) is 5.09 Å². The molecule has 76 valence electrons. The first-order valence-corrected chi connectivity index (χ1v) is 3.90. The van der Waals surface area contributed by atoms with Crippen LogP contribution < -0.4 is 0 Å². The Balaban J connectivity index is 4.37. The van der Waals surface area contributed by atoms with E-state index in [0.29, 0.717) is 0 Å². The topological polar surface area (TPSA) is 89.7 Å². The van der Waals surface area contributed by atoms with Crippen molar-refractivity contribution in [1.29, 1.82) is 0 Å². The molecule has 1 N–H and O–H groups in total. The molecule has 6 heteroatoms. The Bertz CT molecular complexity index is 203. The molecule has 0 rings (SSSR count). The third-order valence-corrected chi connectivity index (χ3v) is 1.76. The van der Waals surface area contributed by atoms with Crippen LogP contribution in [0, 0.1) is 22.0 Å². The molecule has 2 atom stereocenters. The lowest BCUT2D eigenvalue weighted by Crippen LogP contribution is -2.33. The quantitative estimate of drug-likeness (QED) is 0.516. The van der Waals surface area contributed by atoms with Gasteiger partial charge in [-0.1, -0.05) is 13.8 Å². The monoisotopic (exact) mass is 191 g/mol. The molecule has 0 radical (unpaired) electrons. The zero-order chi connectivity index (χ0) is 10.6. The average Bonchev–Trinajstić information content (AvgIpc) is 1.81. The summed E-state index contributed by atoms with van der Waals surface area (Å²) in [7, 11) is 0. The molecular weight excluding hydrogens is 178 g/mol. The van der Waals surface area contributed by atoms with Crippen LogP contribution in [0.2, 0.25) is 0 Å². The second-order valence-electron chi connectivity index (χ2n) is 3.14. The third-order valence-electron chi connectivity index (χ3n) is 1.76. The maximum atomic E-state index is 10.7. The molecule has 0 aliphatic carbocycles. The van der Waals surface area contributed by atoms with Crippen molar-refractivity contribution in [3.05, 3.63) is 10.1 Å². The Morgan fingerprint density at radius 2 is 1.92 bits per heavy atom. The second kappa shape index (κ2) is 4.64. The van der Waals surface area contributed by atoms with Gasteiger partial charge in [-0.2, -0.15) is 0 Å². The molecule has 0 fully saturated rings. The first kappa shape index (κ1) is 11.7. The highest BCUT2D eigenvalue weighted by Crippen LogP contribution is 2.18. The van der Waals surface area contributed by atoms with Crippen molar-refractivity contribution in [3.63, 3.8) is 0 Å². The number of carbonyl (C=O) groups is 1. The summed E-state index contributed by atoms with van der Waals surface area (Å²) in [5.41, 5.74) is 0. The van der Waals surface area contributed by atoms with Gasteiger partial charge in [-0.25, -0.2) is 0 Å². The van der Waals surface area contributed by atoms with Crippen molar-refractivity contribution in [2.75, 3.05) is 0 Å². The van der Waals surface area contributed by atoms with Crippen molar-refractivity contribution < 1.29 is 19.8 Å². The first-order chi connectivity index (χ1) is 5.86. The van der Waals surface area contributed by atoms with Crippen LogP contribution in [0.5, 0.6) is 0 Å². The van der Waals surface area contributed by atoms with Gasteiger partial charge in [0.2, 0.25) is 0 Å². The SMILES string of the molecule is CC(C)C(C(=O)O)C(C)O[N+](=O)[O-]. The van der Waals surface area contributed by atoms with Gasteiger partial charge >= 0.3 is 5.97 Å². The van der Waals surface area contributed by atoms with Gasteiger partial charge in [-0.15, -0.1) is 10.1 Å². The highest BCUT2D eigenvalue weighted by atomic mass is 17.0. The van der Waals surface area contributed by atoms with Gasteiger partial charge in [0.1, 0.15) is 6.10 Å². The van der Waals surface area contributed by atoms with E-state index >= 15 is 0 Å². The predicted molar refractivity (Wildman–Crippen MR) is 43.5 cm³/mol. The zero-order valence-corrected chi connectivity index (χ0v) is 7.76. The van der Waals surface area contributed by atoms with Crippen molar-refractivity contribution in [3.8, 4) is 0 Å². The molecule has 0 saturated heterocycles. The summed E-state index contributed by atoms with van der Waals surface area (Å²) < 4.78 is 0. The van der Waals surface area contributed by atoms with Crippen LogP contribution in [0.4, 0.5) is 0 Å². The first-order valence-electron chi connectivity index (χ1n) is 3.90. The predicted octanol–water partition coefficient (Wildman–Crippen LogP) is 0.940. The number of carboxylic acids is 1. The van der Waals surface area contributed by atoms with E-state index in [9.17, 15) is 14.9 Å². The standard InChI is InChI=1S/C7H13NO5/c1-4(2)6(7(9)10)5(3)13-8(11)12/h4-6H,1-3H3,(H,9,10). The molecule has 0 heterocycles. The van der Waals surface area contributed by atoms with E-state index in [2.05, 4.69) is 4.84 Å². The normalized spacial score (nSPS) is 15.1. The molecule has 2 unspecified atom stereocenters. The zero-order valence-electron chi connectivity index (χ0n) is 7.76. The minimum Gasteiger partial charge on any atom is -0.481 e. The van der Waals surface area contributed by atoms with Crippen molar-refractivity contribution in [2.24, 2.45) is 11.8 Å². The van der Waals surface area contributed by atoms with E-state index in [4.69, 9.17) is 5.11 Å². The van der Waals surface area contributed by atoms with Crippen LogP contribution in [-0.2, 0) is 9.63 Å². The lowest BCUT2D eigenvalue weighted by atomic mass is 9.91. The van der Waals surface area contributed by atoms with Crippen LogP contribution in [0.25, 0.3) is 0 Å². The molecule has 0 aromatic heterocycles. The Labute approximate surface area is 75.6 Å². The molecule has 0 spiro atoms. The lowest BCUT2D eigenvalue weighted by molar-refractivity contribution is -0.769. The van der Waals surface area contributed by atoms with Crippen LogP contribution in [0.15, 0.2) is 0 Å². The summed E-state index contributed by atoms with van der Waals surface area (Å²) in [6.45, 7) is 4.73. The number of aliphatic carboxylic acids is 1. The summed E-state index contributed by atoms with van der Waals surface area (Å²) in [6, 6.07) is 0. The van der Waals surface area contributed by atoms with Crippen molar-refractivity contribution in [2.45, 2.75) is 26.9 Å². The third kappa shape index (κ3) is 3.73. The van der Waals surface area contributed by atoms with Crippen LogP contribution in [0.3, 0.4) is 0 Å². The Morgan fingerprint density at radius 3 is 2.15 bits per heavy atom. The van der Waals surface area contributed by atoms with E-state index in [-0.39, 0.29) is 5.92 Å². The molecule has 0 aromatic carbocycles. The lowest BCUT2D eigenvalue weighted by Gasteiger charge is -2.21. The molecule has 0 bridgehead atoms. The number of carboxylic acid groups (broad SMARTS) is 1. The van der Waals surface area contributed by atoms with Crippen LogP contribution in [-0.4, -0.2) is 22.3 Å². The van der Waals surface area contributed by atoms with E-state index in [1.54, 1.807) is 13.8 Å². The van der Waals surface area contributed by atoms with Gasteiger partial charge in [-0.05, 0) is 12.8 Å². The summed E-state index contributed by atoms with van der Waals surface area (Å²) in [5.74, 6) is -2.14. The molecule has 0 saturated carbocycles. The Morgan fingerprint density at radius 1 is 1.46 bits per heavy atom. The van der Waals surface area contributed by atoms with Crippen LogP contribution >= 0.6 is 0 Å². The van der Waals surface area contributed by atoms with E-state index in [1.165, 1.54) is 6.92 Å². The maximum absolute atomic E-state index is 10.7. The number of rotatable bonds is 5. The van der Waals surface area contributed by atoms with Gasteiger partial charge in [0.15, 0.2) is 0 Å². The number of nitrogens with zero attached hydrogens (tertiary/aromatic N) is 1. The Kier molecular flexibility index (Phi) is 4.16. The van der Waals surface area contributed by atoms with Crippen LogP contribution in [0.1, 0.15) is 20.8 Å². The summed E-state index contributed by atoms with van der Waals surface area (Å²) in [6.07, 6.45) is -0.924. The summed E-state index contributed by atoms with van der Waals surface area (Å²) >= 11 is 0. The molecule has 0 amide bonds. The largest absolute Gasteiger partial charge is 0.481 e. The smallest absolute Gasteiger partial charge is 0.309 e. The highest BCUT2D eigenvalue weighted by Gasteiger charge is 2.30. The van der Waals surface area contributed by atoms with Gasteiger partial charge < -0.3 is 9.94 Å². The number of hydrogen-bond donors (Lipinski definition) is 1. The fourth-order valence-corrected chi connectivity index (χ4v) is 1.23. The van der Waals surface area contributed by atoms with Crippen molar-refractivity contribution >= 4 is 5.97 Å². The molecule has 0 aromatic rings. The van der Waals surface area contributed by atoms with Gasteiger partial charge in [-0.3, -0.25) is 4.79 Å². The maximum Gasteiger partial charge on any atom is 0.309 e. The minimum atomic E-state index is -1.08.